The van der Waals surface area contributed by atoms with E-state index >= 15 is 0 Å². The minimum atomic E-state index is -0.0898. The third kappa shape index (κ3) is 2.35. The lowest BCUT2D eigenvalue weighted by atomic mass is 10.1. The van der Waals surface area contributed by atoms with Gasteiger partial charge >= 0.3 is 0 Å². The molecule has 17 heavy (non-hydrogen) atoms. The lowest BCUT2D eigenvalue weighted by molar-refractivity contribution is -0.0263. The summed E-state index contributed by atoms with van der Waals surface area (Å²) < 4.78 is 10.8. The molecule has 2 rings (SSSR count). The summed E-state index contributed by atoms with van der Waals surface area (Å²) in [5.41, 5.74) is 5.46. The fourth-order valence-electron chi connectivity index (χ4n) is 2.13. The van der Waals surface area contributed by atoms with Crippen molar-refractivity contribution in [3.8, 4) is 0 Å². The number of carbonyl (C=O) groups is 1. The third-order valence-corrected chi connectivity index (χ3v) is 2.98. The number of ether oxygens (including phenoxy) is 1. The fraction of sp³-hybridized carbons (Fsp3) is 0.583. The Morgan fingerprint density at radius 3 is 2.59 bits per heavy atom. The monoisotopic (exact) mass is 238 g/mol. The second-order valence-corrected chi connectivity index (χ2v) is 4.42. The SMILES string of the molecule is CC1COCC(C)N1C(=O)c1ccc(CN)o1. The average Bonchev–Trinajstić information content (AvgIpc) is 2.77. The highest BCUT2D eigenvalue weighted by atomic mass is 16.5. The molecule has 0 bridgehead atoms. The Morgan fingerprint density at radius 2 is 2.06 bits per heavy atom. The molecule has 0 aromatic carbocycles. The molecule has 1 aromatic heterocycles. The van der Waals surface area contributed by atoms with Crippen LogP contribution in [0.15, 0.2) is 16.5 Å². The maximum atomic E-state index is 12.3. The van der Waals surface area contributed by atoms with Crippen LogP contribution in [-0.4, -0.2) is 36.1 Å². The van der Waals surface area contributed by atoms with E-state index in [9.17, 15) is 4.79 Å². The van der Waals surface area contributed by atoms with E-state index in [1.807, 2.05) is 18.7 Å². The molecular formula is C12H18N2O3. The van der Waals surface area contributed by atoms with Gasteiger partial charge in [-0.1, -0.05) is 0 Å². The molecule has 1 aliphatic heterocycles. The molecule has 0 saturated carbocycles. The van der Waals surface area contributed by atoms with E-state index in [0.717, 1.165) is 0 Å². The van der Waals surface area contributed by atoms with Gasteiger partial charge in [0, 0.05) is 0 Å². The molecule has 5 nitrogen and oxygen atoms in total. The van der Waals surface area contributed by atoms with Gasteiger partial charge in [-0.15, -0.1) is 0 Å². The molecule has 1 aromatic rings. The molecule has 1 saturated heterocycles. The van der Waals surface area contributed by atoms with Gasteiger partial charge in [-0.2, -0.15) is 0 Å². The summed E-state index contributed by atoms with van der Waals surface area (Å²) in [6, 6.07) is 3.55. The quantitative estimate of drug-likeness (QED) is 0.834. The Kier molecular flexibility index (Phi) is 3.49. The number of furan rings is 1. The fourth-order valence-corrected chi connectivity index (χ4v) is 2.13. The molecule has 1 fully saturated rings. The van der Waals surface area contributed by atoms with Crippen molar-refractivity contribution < 1.29 is 13.9 Å². The molecule has 0 aliphatic carbocycles. The second kappa shape index (κ2) is 4.89. The Morgan fingerprint density at radius 1 is 1.41 bits per heavy atom. The van der Waals surface area contributed by atoms with Gasteiger partial charge < -0.3 is 19.8 Å². The molecule has 0 spiro atoms. The molecule has 94 valence electrons. The lowest BCUT2D eigenvalue weighted by Gasteiger charge is -2.38. The number of amides is 1. The number of carbonyl (C=O) groups excluding carboxylic acids is 1. The van der Waals surface area contributed by atoms with Gasteiger partial charge in [0.15, 0.2) is 5.76 Å². The number of hydrogen-bond acceptors (Lipinski definition) is 4. The summed E-state index contributed by atoms with van der Waals surface area (Å²) in [4.78, 5) is 14.1. The van der Waals surface area contributed by atoms with Crippen molar-refractivity contribution >= 4 is 5.91 Å². The van der Waals surface area contributed by atoms with Gasteiger partial charge in [0.05, 0.1) is 31.8 Å². The van der Waals surface area contributed by atoms with Crippen molar-refractivity contribution in [3.63, 3.8) is 0 Å². The molecule has 2 unspecified atom stereocenters. The minimum Gasteiger partial charge on any atom is -0.455 e. The highest BCUT2D eigenvalue weighted by molar-refractivity contribution is 5.92. The predicted molar refractivity (Wildman–Crippen MR) is 62.5 cm³/mol. The van der Waals surface area contributed by atoms with E-state index in [2.05, 4.69) is 0 Å². The molecule has 2 heterocycles. The number of morpholine rings is 1. The lowest BCUT2D eigenvalue weighted by Crippen LogP contribution is -2.52. The zero-order valence-corrected chi connectivity index (χ0v) is 10.2. The molecule has 5 heteroatoms. The van der Waals surface area contributed by atoms with E-state index in [-0.39, 0.29) is 18.0 Å². The first kappa shape index (κ1) is 12.1. The molecular weight excluding hydrogens is 220 g/mol. The number of hydrogen-bond donors (Lipinski definition) is 1. The highest BCUT2D eigenvalue weighted by Gasteiger charge is 2.31. The largest absolute Gasteiger partial charge is 0.455 e. The van der Waals surface area contributed by atoms with Crippen molar-refractivity contribution in [2.24, 2.45) is 5.73 Å². The molecule has 2 atom stereocenters. The molecule has 0 radical (unpaired) electrons. The zero-order chi connectivity index (χ0) is 12.4. The third-order valence-electron chi connectivity index (χ3n) is 2.98. The van der Waals surface area contributed by atoms with Crippen LogP contribution in [0, 0.1) is 0 Å². The summed E-state index contributed by atoms with van der Waals surface area (Å²) in [7, 11) is 0. The smallest absolute Gasteiger partial charge is 0.290 e. The van der Waals surface area contributed by atoms with Crippen LogP contribution in [0.2, 0.25) is 0 Å². The number of rotatable bonds is 2. The standard InChI is InChI=1S/C12H18N2O3/c1-8-6-16-7-9(2)14(8)12(15)11-4-3-10(5-13)17-11/h3-4,8-9H,5-7,13H2,1-2H3. The van der Waals surface area contributed by atoms with Gasteiger partial charge in [-0.25, -0.2) is 0 Å². The van der Waals surface area contributed by atoms with Crippen molar-refractivity contribution in [2.45, 2.75) is 32.5 Å². The first-order chi connectivity index (χ1) is 8.13. The van der Waals surface area contributed by atoms with E-state index in [1.54, 1.807) is 12.1 Å². The summed E-state index contributed by atoms with van der Waals surface area (Å²) in [5.74, 6) is 0.890. The van der Waals surface area contributed by atoms with E-state index in [1.165, 1.54) is 0 Å². The van der Waals surface area contributed by atoms with Crippen molar-refractivity contribution in [2.75, 3.05) is 13.2 Å². The van der Waals surface area contributed by atoms with Gasteiger partial charge in [-0.3, -0.25) is 4.79 Å². The van der Waals surface area contributed by atoms with Crippen molar-refractivity contribution in [1.82, 2.24) is 4.90 Å². The van der Waals surface area contributed by atoms with Crippen LogP contribution in [0.1, 0.15) is 30.2 Å². The van der Waals surface area contributed by atoms with E-state index in [0.29, 0.717) is 31.3 Å². The molecule has 2 N–H and O–H groups in total. The topological polar surface area (TPSA) is 68.7 Å². The Hall–Kier alpha value is -1.33. The van der Waals surface area contributed by atoms with Gasteiger partial charge in [0.25, 0.3) is 5.91 Å². The normalized spacial score (nSPS) is 25.0. The van der Waals surface area contributed by atoms with Crippen molar-refractivity contribution in [3.05, 3.63) is 23.7 Å². The van der Waals surface area contributed by atoms with Crippen LogP contribution >= 0.6 is 0 Å². The highest BCUT2D eigenvalue weighted by Crippen LogP contribution is 2.18. The number of nitrogens with two attached hydrogens (primary N) is 1. The summed E-state index contributed by atoms with van der Waals surface area (Å²) in [5, 5.41) is 0. The van der Waals surface area contributed by atoms with Crippen LogP contribution in [0.25, 0.3) is 0 Å². The van der Waals surface area contributed by atoms with Crippen LogP contribution in [0.4, 0.5) is 0 Å². The van der Waals surface area contributed by atoms with Crippen LogP contribution in [-0.2, 0) is 11.3 Å². The minimum absolute atomic E-state index is 0.0673. The van der Waals surface area contributed by atoms with Crippen LogP contribution in [0.5, 0.6) is 0 Å². The van der Waals surface area contributed by atoms with Gasteiger partial charge in [0.1, 0.15) is 5.76 Å². The Balaban J connectivity index is 2.17. The first-order valence-electron chi connectivity index (χ1n) is 5.82. The summed E-state index contributed by atoms with van der Waals surface area (Å²) in [6.45, 7) is 5.39. The Bertz CT molecular complexity index is 392. The maximum absolute atomic E-state index is 12.3. The number of nitrogens with zero attached hydrogens (tertiary/aromatic N) is 1. The predicted octanol–water partition coefficient (Wildman–Crippen LogP) is 0.988. The average molecular weight is 238 g/mol. The molecule has 1 aliphatic rings. The van der Waals surface area contributed by atoms with Crippen LogP contribution < -0.4 is 5.73 Å². The Labute approximate surface area is 101 Å². The van der Waals surface area contributed by atoms with Crippen molar-refractivity contribution in [1.29, 1.82) is 0 Å². The van der Waals surface area contributed by atoms with Crippen LogP contribution in [0.3, 0.4) is 0 Å². The maximum Gasteiger partial charge on any atom is 0.290 e. The second-order valence-electron chi connectivity index (χ2n) is 4.42. The summed E-state index contributed by atoms with van der Waals surface area (Å²) in [6.07, 6.45) is 0. The zero-order valence-electron chi connectivity index (χ0n) is 10.2. The van der Waals surface area contributed by atoms with Gasteiger partial charge in [0.2, 0.25) is 0 Å². The first-order valence-corrected chi connectivity index (χ1v) is 5.82. The van der Waals surface area contributed by atoms with E-state index in [4.69, 9.17) is 14.9 Å². The van der Waals surface area contributed by atoms with Gasteiger partial charge in [-0.05, 0) is 26.0 Å². The van der Waals surface area contributed by atoms with E-state index < -0.39 is 0 Å². The summed E-state index contributed by atoms with van der Waals surface area (Å²) >= 11 is 0. The molecule has 1 amide bonds.